The number of para-hydroxylation sites is 1. The van der Waals surface area contributed by atoms with Crippen molar-refractivity contribution < 1.29 is 9.32 Å². The molecule has 0 saturated carbocycles. The Morgan fingerprint density at radius 2 is 1.83 bits per heavy atom. The standard InChI is InChI=1S/C23H28N4O2/c1-17(2)18-9-11-19(12-10-18)23-25-22(29-26-23)14-13-21(28)24-15-16-27(3)20-7-5-4-6-8-20/h4-12,17H,13-16H2,1-3H3,(H,24,28). The normalized spacial score (nSPS) is 10.9. The van der Waals surface area contributed by atoms with Crippen molar-refractivity contribution in [2.24, 2.45) is 0 Å². The zero-order valence-corrected chi connectivity index (χ0v) is 17.3. The van der Waals surface area contributed by atoms with Gasteiger partial charge in [-0.05, 0) is 23.6 Å². The molecule has 1 N–H and O–H groups in total. The number of nitrogens with zero attached hydrogens (tertiary/aromatic N) is 3. The van der Waals surface area contributed by atoms with Gasteiger partial charge < -0.3 is 14.7 Å². The molecule has 0 unspecified atom stereocenters. The molecule has 2 aromatic carbocycles. The van der Waals surface area contributed by atoms with Gasteiger partial charge in [0.1, 0.15) is 0 Å². The number of amides is 1. The summed E-state index contributed by atoms with van der Waals surface area (Å²) in [5.41, 5.74) is 3.31. The number of hydrogen-bond donors (Lipinski definition) is 1. The molecule has 3 aromatic rings. The number of rotatable bonds is 9. The molecule has 0 aliphatic rings. The lowest BCUT2D eigenvalue weighted by Gasteiger charge is -2.19. The summed E-state index contributed by atoms with van der Waals surface area (Å²) < 4.78 is 5.30. The molecule has 1 heterocycles. The Hall–Kier alpha value is -3.15. The quantitative estimate of drug-likeness (QED) is 0.595. The maximum atomic E-state index is 12.1. The van der Waals surface area contributed by atoms with Crippen molar-refractivity contribution in [3.8, 4) is 11.4 Å². The number of nitrogens with one attached hydrogen (secondary N) is 1. The number of anilines is 1. The second-order valence-electron chi connectivity index (χ2n) is 7.40. The molecule has 0 bridgehead atoms. The third-order valence-corrected chi connectivity index (χ3v) is 4.84. The van der Waals surface area contributed by atoms with E-state index in [0.29, 0.717) is 37.0 Å². The fourth-order valence-electron chi connectivity index (χ4n) is 2.97. The highest BCUT2D eigenvalue weighted by molar-refractivity contribution is 5.76. The molecule has 3 rings (SSSR count). The summed E-state index contributed by atoms with van der Waals surface area (Å²) in [5.74, 6) is 1.49. The van der Waals surface area contributed by atoms with E-state index >= 15 is 0 Å². The lowest BCUT2D eigenvalue weighted by Crippen LogP contribution is -2.33. The first kappa shape index (κ1) is 20.6. The van der Waals surface area contributed by atoms with Crippen molar-refractivity contribution in [3.63, 3.8) is 0 Å². The molecular weight excluding hydrogens is 364 g/mol. The molecular formula is C23H28N4O2. The summed E-state index contributed by atoms with van der Waals surface area (Å²) in [6, 6.07) is 18.2. The molecule has 29 heavy (non-hydrogen) atoms. The maximum Gasteiger partial charge on any atom is 0.227 e. The predicted octanol–water partition coefficient (Wildman–Crippen LogP) is 4.05. The van der Waals surface area contributed by atoms with Gasteiger partial charge in [-0.15, -0.1) is 0 Å². The van der Waals surface area contributed by atoms with E-state index in [1.807, 2.05) is 49.5 Å². The average molecular weight is 393 g/mol. The minimum atomic E-state index is -0.0208. The summed E-state index contributed by atoms with van der Waals surface area (Å²) in [7, 11) is 2.01. The Bertz CT molecular complexity index is 904. The van der Waals surface area contributed by atoms with Crippen molar-refractivity contribution in [2.75, 3.05) is 25.0 Å². The number of aromatic nitrogens is 2. The molecule has 0 spiro atoms. The number of likely N-dealkylation sites (N-methyl/N-ethyl adjacent to an activating group) is 1. The number of aryl methyl sites for hydroxylation is 1. The van der Waals surface area contributed by atoms with Gasteiger partial charge in [0.2, 0.25) is 17.6 Å². The van der Waals surface area contributed by atoms with Crippen molar-refractivity contribution >= 4 is 11.6 Å². The van der Waals surface area contributed by atoms with Crippen molar-refractivity contribution in [1.29, 1.82) is 0 Å². The van der Waals surface area contributed by atoms with Crippen LogP contribution in [0.1, 0.15) is 37.6 Å². The Kier molecular flexibility index (Phi) is 7.00. The number of hydrogen-bond acceptors (Lipinski definition) is 5. The third-order valence-electron chi connectivity index (χ3n) is 4.84. The van der Waals surface area contributed by atoms with E-state index < -0.39 is 0 Å². The number of carbonyl (C=O) groups is 1. The van der Waals surface area contributed by atoms with Crippen LogP contribution in [0.15, 0.2) is 59.1 Å². The lowest BCUT2D eigenvalue weighted by atomic mass is 10.0. The fourth-order valence-corrected chi connectivity index (χ4v) is 2.97. The molecule has 1 aromatic heterocycles. The monoisotopic (exact) mass is 392 g/mol. The summed E-state index contributed by atoms with van der Waals surface area (Å²) in [4.78, 5) is 18.6. The number of carbonyl (C=O) groups excluding carboxylic acids is 1. The van der Waals surface area contributed by atoms with Crippen molar-refractivity contribution in [2.45, 2.75) is 32.6 Å². The molecule has 152 valence electrons. The second kappa shape index (κ2) is 9.87. The second-order valence-corrected chi connectivity index (χ2v) is 7.40. The van der Waals surface area contributed by atoms with Gasteiger partial charge in [-0.2, -0.15) is 4.98 Å². The molecule has 6 heteroatoms. The SMILES string of the molecule is CC(C)c1ccc(-c2noc(CCC(=O)NCCN(C)c3ccccc3)n2)cc1. The van der Waals surface area contributed by atoms with Crippen LogP contribution in [0.4, 0.5) is 5.69 Å². The first-order chi connectivity index (χ1) is 14.0. The minimum Gasteiger partial charge on any atom is -0.373 e. The van der Waals surface area contributed by atoms with Crippen LogP contribution in [0.3, 0.4) is 0 Å². The van der Waals surface area contributed by atoms with Crippen LogP contribution in [0.2, 0.25) is 0 Å². The van der Waals surface area contributed by atoms with Crippen LogP contribution < -0.4 is 10.2 Å². The molecule has 0 saturated heterocycles. The lowest BCUT2D eigenvalue weighted by molar-refractivity contribution is -0.121. The van der Waals surface area contributed by atoms with E-state index in [0.717, 1.165) is 17.8 Å². The zero-order valence-electron chi connectivity index (χ0n) is 17.3. The smallest absolute Gasteiger partial charge is 0.227 e. The molecule has 0 aliphatic carbocycles. The van der Waals surface area contributed by atoms with Gasteiger partial charge in [0.25, 0.3) is 0 Å². The largest absolute Gasteiger partial charge is 0.373 e. The first-order valence-corrected chi connectivity index (χ1v) is 9.98. The Balaban J connectivity index is 1.42. The van der Waals surface area contributed by atoms with Crippen LogP contribution in [-0.4, -0.2) is 36.2 Å². The number of benzene rings is 2. The Labute approximate surface area is 171 Å². The molecule has 0 aliphatic heterocycles. The van der Waals surface area contributed by atoms with Crippen molar-refractivity contribution in [3.05, 3.63) is 66.1 Å². The van der Waals surface area contributed by atoms with Crippen LogP contribution in [0.25, 0.3) is 11.4 Å². The Morgan fingerprint density at radius 3 is 2.52 bits per heavy atom. The molecule has 0 radical (unpaired) electrons. The van der Waals surface area contributed by atoms with E-state index in [4.69, 9.17) is 4.52 Å². The highest BCUT2D eigenvalue weighted by atomic mass is 16.5. The van der Waals surface area contributed by atoms with E-state index in [-0.39, 0.29) is 5.91 Å². The molecule has 1 amide bonds. The van der Waals surface area contributed by atoms with Gasteiger partial charge in [-0.25, -0.2) is 0 Å². The van der Waals surface area contributed by atoms with Gasteiger partial charge in [0.15, 0.2) is 0 Å². The topological polar surface area (TPSA) is 71.3 Å². The summed E-state index contributed by atoms with van der Waals surface area (Å²) in [5, 5.41) is 6.97. The molecule has 6 nitrogen and oxygen atoms in total. The van der Waals surface area contributed by atoms with Gasteiger partial charge >= 0.3 is 0 Å². The van der Waals surface area contributed by atoms with Gasteiger partial charge in [0, 0.05) is 44.2 Å². The molecule has 0 fully saturated rings. The summed E-state index contributed by atoms with van der Waals surface area (Å²) >= 11 is 0. The average Bonchev–Trinajstić information content (AvgIpc) is 3.22. The van der Waals surface area contributed by atoms with Crippen LogP contribution in [0.5, 0.6) is 0 Å². The summed E-state index contributed by atoms with van der Waals surface area (Å²) in [6.07, 6.45) is 0.750. The van der Waals surface area contributed by atoms with Crippen LogP contribution in [0, 0.1) is 0 Å². The predicted molar refractivity (Wildman–Crippen MR) is 115 cm³/mol. The van der Waals surface area contributed by atoms with Gasteiger partial charge in [0.05, 0.1) is 0 Å². The molecule has 0 atom stereocenters. The van der Waals surface area contributed by atoms with Crippen LogP contribution >= 0.6 is 0 Å². The van der Waals surface area contributed by atoms with E-state index in [1.165, 1.54) is 5.56 Å². The highest BCUT2D eigenvalue weighted by Gasteiger charge is 2.11. The van der Waals surface area contributed by atoms with Crippen molar-refractivity contribution in [1.82, 2.24) is 15.5 Å². The fraction of sp³-hybridized carbons (Fsp3) is 0.348. The van der Waals surface area contributed by atoms with E-state index in [2.05, 4.69) is 46.3 Å². The Morgan fingerprint density at radius 1 is 1.10 bits per heavy atom. The van der Waals surface area contributed by atoms with Crippen LogP contribution in [-0.2, 0) is 11.2 Å². The van der Waals surface area contributed by atoms with Gasteiger partial charge in [-0.1, -0.05) is 61.5 Å². The summed E-state index contributed by atoms with van der Waals surface area (Å²) in [6.45, 7) is 5.65. The minimum absolute atomic E-state index is 0.0208. The maximum absolute atomic E-state index is 12.1. The third kappa shape index (κ3) is 5.91. The van der Waals surface area contributed by atoms with E-state index in [1.54, 1.807) is 0 Å². The zero-order chi connectivity index (χ0) is 20.6. The first-order valence-electron chi connectivity index (χ1n) is 9.98. The van der Waals surface area contributed by atoms with Gasteiger partial charge in [-0.3, -0.25) is 4.79 Å². The van der Waals surface area contributed by atoms with E-state index in [9.17, 15) is 4.79 Å². The highest BCUT2D eigenvalue weighted by Crippen LogP contribution is 2.20.